The molecule has 0 aliphatic carbocycles. The average molecular weight is 228 g/mol. The van der Waals surface area contributed by atoms with E-state index in [1.165, 1.54) is 0 Å². The number of fused-ring (bicyclic) bond motifs is 1. The minimum Gasteiger partial charge on any atom is -0.379 e. The molecule has 1 saturated heterocycles. The summed E-state index contributed by atoms with van der Waals surface area (Å²) in [6.45, 7) is 1.40. The van der Waals surface area contributed by atoms with Crippen molar-refractivity contribution in [2.24, 2.45) is 5.73 Å². The van der Waals surface area contributed by atoms with Gasteiger partial charge in [0, 0.05) is 23.8 Å². The molecular formula is C14H16N2O. The molecule has 2 heterocycles. The number of nitrogens with two attached hydrogens (primary N) is 1. The summed E-state index contributed by atoms with van der Waals surface area (Å²) < 4.78 is 5.54. The van der Waals surface area contributed by atoms with Gasteiger partial charge in [-0.2, -0.15) is 0 Å². The van der Waals surface area contributed by atoms with Gasteiger partial charge in [0.25, 0.3) is 0 Å². The largest absolute Gasteiger partial charge is 0.379 e. The smallest absolute Gasteiger partial charge is 0.0753 e. The number of hydrogen-bond donors (Lipinski definition) is 1. The Labute approximate surface area is 101 Å². The lowest BCUT2D eigenvalue weighted by molar-refractivity contribution is 0.0372. The van der Waals surface area contributed by atoms with Crippen LogP contribution in [0.2, 0.25) is 0 Å². The molecule has 17 heavy (non-hydrogen) atoms. The molecule has 2 N–H and O–H groups in total. The van der Waals surface area contributed by atoms with Gasteiger partial charge in [0.15, 0.2) is 0 Å². The first kappa shape index (κ1) is 10.7. The molecule has 1 atom stereocenters. The Balaban J connectivity index is 2.16. The highest BCUT2D eigenvalue weighted by molar-refractivity contribution is 5.82. The molecule has 1 fully saturated rings. The fourth-order valence-corrected chi connectivity index (χ4v) is 2.53. The fraction of sp³-hybridized carbons (Fsp3) is 0.357. The van der Waals surface area contributed by atoms with Gasteiger partial charge >= 0.3 is 0 Å². The van der Waals surface area contributed by atoms with E-state index in [-0.39, 0.29) is 5.54 Å². The number of benzene rings is 1. The Bertz CT molecular complexity index is 527. The number of ether oxygens (including phenoxy) is 1. The van der Waals surface area contributed by atoms with E-state index >= 15 is 0 Å². The molecule has 2 aromatic rings. The lowest BCUT2D eigenvalue weighted by Gasteiger charge is -2.34. The lowest BCUT2D eigenvalue weighted by atomic mass is 9.84. The molecular weight excluding hydrogens is 212 g/mol. The van der Waals surface area contributed by atoms with Crippen LogP contribution >= 0.6 is 0 Å². The van der Waals surface area contributed by atoms with Crippen LogP contribution in [0.5, 0.6) is 0 Å². The maximum atomic E-state index is 6.48. The number of pyridine rings is 1. The van der Waals surface area contributed by atoms with Crippen LogP contribution < -0.4 is 5.73 Å². The van der Waals surface area contributed by atoms with Crippen molar-refractivity contribution < 1.29 is 4.74 Å². The first-order chi connectivity index (χ1) is 8.30. The summed E-state index contributed by atoms with van der Waals surface area (Å²) in [6.07, 6.45) is 3.79. The summed E-state index contributed by atoms with van der Waals surface area (Å²) >= 11 is 0. The van der Waals surface area contributed by atoms with Crippen LogP contribution in [0.15, 0.2) is 36.5 Å². The van der Waals surface area contributed by atoms with Gasteiger partial charge in [-0.3, -0.25) is 4.98 Å². The zero-order chi connectivity index (χ0) is 11.7. The van der Waals surface area contributed by atoms with Gasteiger partial charge in [-0.15, -0.1) is 0 Å². The minimum absolute atomic E-state index is 0.383. The van der Waals surface area contributed by atoms with E-state index in [1.54, 1.807) is 0 Å². The van der Waals surface area contributed by atoms with Crippen molar-refractivity contribution >= 4 is 10.9 Å². The SMILES string of the molecule is NC1(c2cccc3cccnc23)CCCOC1. The first-order valence-corrected chi connectivity index (χ1v) is 6.00. The van der Waals surface area contributed by atoms with Gasteiger partial charge < -0.3 is 10.5 Å². The van der Waals surface area contributed by atoms with Crippen molar-refractivity contribution in [2.75, 3.05) is 13.2 Å². The summed E-state index contributed by atoms with van der Waals surface area (Å²) in [4.78, 5) is 4.47. The van der Waals surface area contributed by atoms with Gasteiger partial charge in [-0.1, -0.05) is 24.3 Å². The third-order valence-corrected chi connectivity index (χ3v) is 3.44. The van der Waals surface area contributed by atoms with Crippen molar-refractivity contribution in [3.8, 4) is 0 Å². The normalized spacial score (nSPS) is 25.0. The fourth-order valence-electron chi connectivity index (χ4n) is 2.53. The van der Waals surface area contributed by atoms with Crippen LogP contribution in [0.3, 0.4) is 0 Å². The van der Waals surface area contributed by atoms with E-state index in [4.69, 9.17) is 10.5 Å². The molecule has 0 bridgehead atoms. The van der Waals surface area contributed by atoms with Gasteiger partial charge in [-0.25, -0.2) is 0 Å². The van der Waals surface area contributed by atoms with Gasteiger partial charge in [0.05, 0.1) is 17.7 Å². The molecule has 1 aromatic heterocycles. The molecule has 0 saturated carbocycles. The molecule has 3 heteroatoms. The van der Waals surface area contributed by atoms with Crippen LogP contribution in [0.4, 0.5) is 0 Å². The second kappa shape index (κ2) is 4.09. The second-order valence-electron chi connectivity index (χ2n) is 4.69. The van der Waals surface area contributed by atoms with Crippen LogP contribution in [0.25, 0.3) is 10.9 Å². The van der Waals surface area contributed by atoms with E-state index in [0.717, 1.165) is 35.9 Å². The minimum atomic E-state index is -0.383. The zero-order valence-electron chi connectivity index (χ0n) is 9.73. The van der Waals surface area contributed by atoms with E-state index in [2.05, 4.69) is 23.2 Å². The lowest BCUT2D eigenvalue weighted by Crippen LogP contribution is -2.44. The summed E-state index contributed by atoms with van der Waals surface area (Å²) in [5, 5.41) is 1.14. The number of rotatable bonds is 1. The van der Waals surface area contributed by atoms with Crippen LogP contribution in [-0.2, 0) is 10.3 Å². The molecule has 88 valence electrons. The molecule has 1 aromatic carbocycles. The third-order valence-electron chi connectivity index (χ3n) is 3.44. The highest BCUT2D eigenvalue weighted by Crippen LogP contribution is 2.31. The number of aromatic nitrogens is 1. The summed E-state index contributed by atoms with van der Waals surface area (Å²) in [5.41, 5.74) is 8.21. The van der Waals surface area contributed by atoms with Gasteiger partial charge in [0.2, 0.25) is 0 Å². The van der Waals surface area contributed by atoms with Crippen molar-refractivity contribution in [1.82, 2.24) is 4.98 Å². The molecule has 3 nitrogen and oxygen atoms in total. The van der Waals surface area contributed by atoms with Gasteiger partial charge in [0.1, 0.15) is 0 Å². The quantitative estimate of drug-likeness (QED) is 0.814. The molecule has 3 rings (SSSR count). The van der Waals surface area contributed by atoms with E-state index in [0.29, 0.717) is 6.61 Å². The molecule has 1 unspecified atom stereocenters. The predicted octanol–water partition coefficient (Wildman–Crippen LogP) is 2.20. The van der Waals surface area contributed by atoms with Crippen LogP contribution in [0, 0.1) is 0 Å². The number of para-hydroxylation sites is 1. The van der Waals surface area contributed by atoms with Crippen molar-refractivity contribution in [1.29, 1.82) is 0 Å². The Kier molecular flexibility index (Phi) is 2.57. The monoisotopic (exact) mass is 228 g/mol. The Hall–Kier alpha value is -1.45. The number of hydrogen-bond acceptors (Lipinski definition) is 3. The second-order valence-corrected chi connectivity index (χ2v) is 4.69. The topological polar surface area (TPSA) is 48.1 Å². The summed E-state index contributed by atoms with van der Waals surface area (Å²) in [7, 11) is 0. The standard InChI is InChI=1S/C14H16N2O/c15-14(7-3-9-17-10-14)12-6-1-4-11-5-2-8-16-13(11)12/h1-2,4-6,8H,3,7,9-10,15H2. The molecule has 0 amide bonds. The Morgan fingerprint density at radius 3 is 2.94 bits per heavy atom. The maximum Gasteiger partial charge on any atom is 0.0753 e. The predicted molar refractivity (Wildman–Crippen MR) is 67.7 cm³/mol. The Morgan fingerprint density at radius 1 is 1.24 bits per heavy atom. The van der Waals surface area contributed by atoms with Gasteiger partial charge in [-0.05, 0) is 18.9 Å². The third kappa shape index (κ3) is 1.81. The maximum absolute atomic E-state index is 6.48. The number of nitrogens with zero attached hydrogens (tertiary/aromatic N) is 1. The highest BCUT2D eigenvalue weighted by atomic mass is 16.5. The zero-order valence-corrected chi connectivity index (χ0v) is 9.73. The summed E-state index contributed by atoms with van der Waals surface area (Å²) in [6, 6.07) is 10.2. The van der Waals surface area contributed by atoms with E-state index in [9.17, 15) is 0 Å². The first-order valence-electron chi connectivity index (χ1n) is 6.00. The average Bonchev–Trinajstić information content (AvgIpc) is 2.39. The van der Waals surface area contributed by atoms with E-state index in [1.807, 2.05) is 18.3 Å². The Morgan fingerprint density at radius 2 is 2.12 bits per heavy atom. The van der Waals surface area contributed by atoms with Crippen molar-refractivity contribution in [2.45, 2.75) is 18.4 Å². The molecule has 1 aliphatic heterocycles. The molecule has 0 radical (unpaired) electrons. The van der Waals surface area contributed by atoms with E-state index < -0.39 is 0 Å². The molecule has 1 aliphatic rings. The van der Waals surface area contributed by atoms with Crippen LogP contribution in [0.1, 0.15) is 18.4 Å². The van der Waals surface area contributed by atoms with Crippen LogP contribution in [-0.4, -0.2) is 18.2 Å². The van der Waals surface area contributed by atoms with Crippen molar-refractivity contribution in [3.63, 3.8) is 0 Å². The van der Waals surface area contributed by atoms with Crippen molar-refractivity contribution in [3.05, 3.63) is 42.1 Å². The highest BCUT2D eigenvalue weighted by Gasteiger charge is 2.32. The molecule has 0 spiro atoms. The summed E-state index contributed by atoms with van der Waals surface area (Å²) in [5.74, 6) is 0.